The monoisotopic (exact) mass is 470 g/mol. The van der Waals surface area contributed by atoms with E-state index in [-0.39, 0.29) is 34.3 Å². The SMILES string of the molecule is O=C(C1Cc2cc([N+](=O)[O-])ccc2N2CCN(Cc3ccc(F)cc3)CC12)N1CCSCC1. The molecule has 0 radical (unpaired) electrons. The second-order valence-electron chi connectivity index (χ2n) is 8.94. The van der Waals surface area contributed by atoms with Gasteiger partial charge in [-0.2, -0.15) is 11.8 Å². The molecule has 7 nitrogen and oxygen atoms in total. The lowest BCUT2D eigenvalue weighted by atomic mass is 9.82. The normalized spacial score (nSPS) is 23.1. The van der Waals surface area contributed by atoms with Gasteiger partial charge in [0.25, 0.3) is 5.69 Å². The summed E-state index contributed by atoms with van der Waals surface area (Å²) in [5, 5.41) is 11.4. The van der Waals surface area contributed by atoms with E-state index in [1.807, 2.05) is 34.9 Å². The van der Waals surface area contributed by atoms with Gasteiger partial charge in [0.1, 0.15) is 5.82 Å². The predicted octanol–water partition coefficient (Wildman–Crippen LogP) is 3.17. The average molecular weight is 471 g/mol. The second-order valence-corrected chi connectivity index (χ2v) is 10.2. The summed E-state index contributed by atoms with van der Waals surface area (Å²) in [7, 11) is 0. The van der Waals surface area contributed by atoms with Gasteiger partial charge in [0, 0.05) is 68.6 Å². The Bertz CT molecular complexity index is 1040. The number of benzene rings is 2. The van der Waals surface area contributed by atoms with Crippen LogP contribution in [-0.4, -0.2) is 70.9 Å². The first-order valence-electron chi connectivity index (χ1n) is 11.4. The number of non-ortho nitro benzene ring substituents is 1. The van der Waals surface area contributed by atoms with Crippen LogP contribution in [0.2, 0.25) is 0 Å². The number of anilines is 1. The molecule has 2 fully saturated rings. The Kier molecular flexibility index (Phi) is 6.25. The maximum atomic E-state index is 13.6. The number of nitro groups is 1. The zero-order valence-electron chi connectivity index (χ0n) is 18.4. The minimum Gasteiger partial charge on any atom is -0.365 e. The van der Waals surface area contributed by atoms with Gasteiger partial charge in [0.2, 0.25) is 5.91 Å². The van der Waals surface area contributed by atoms with Crippen molar-refractivity contribution in [1.82, 2.24) is 9.80 Å². The van der Waals surface area contributed by atoms with Gasteiger partial charge >= 0.3 is 0 Å². The van der Waals surface area contributed by atoms with Crippen LogP contribution in [0.15, 0.2) is 42.5 Å². The summed E-state index contributed by atoms with van der Waals surface area (Å²) in [5.41, 5.74) is 3.01. The number of carbonyl (C=O) groups excluding carboxylic acids is 1. The molecule has 9 heteroatoms. The Balaban J connectivity index is 1.43. The van der Waals surface area contributed by atoms with Crippen molar-refractivity contribution in [1.29, 1.82) is 0 Å². The molecule has 2 aromatic carbocycles. The van der Waals surface area contributed by atoms with Crippen molar-refractivity contribution in [2.24, 2.45) is 5.92 Å². The first-order chi connectivity index (χ1) is 16.0. The van der Waals surface area contributed by atoms with Crippen LogP contribution in [0.3, 0.4) is 0 Å². The third-order valence-corrected chi connectivity index (χ3v) is 7.89. The van der Waals surface area contributed by atoms with E-state index in [0.717, 1.165) is 61.0 Å². The topological polar surface area (TPSA) is 69.9 Å². The van der Waals surface area contributed by atoms with Gasteiger partial charge in [-0.25, -0.2) is 4.39 Å². The fourth-order valence-corrected chi connectivity index (χ4v) is 6.18. The summed E-state index contributed by atoms with van der Waals surface area (Å²) < 4.78 is 13.3. The maximum Gasteiger partial charge on any atom is 0.269 e. The number of hydrogen-bond donors (Lipinski definition) is 0. The van der Waals surface area contributed by atoms with E-state index in [1.54, 1.807) is 12.1 Å². The average Bonchev–Trinajstić information content (AvgIpc) is 2.84. The maximum absolute atomic E-state index is 13.6. The molecule has 0 saturated carbocycles. The fraction of sp³-hybridized carbons (Fsp3) is 0.458. The van der Waals surface area contributed by atoms with E-state index in [1.165, 1.54) is 12.1 Å². The van der Waals surface area contributed by atoms with Crippen LogP contribution < -0.4 is 4.90 Å². The van der Waals surface area contributed by atoms with E-state index < -0.39 is 0 Å². The van der Waals surface area contributed by atoms with Gasteiger partial charge in [-0.05, 0) is 35.7 Å². The van der Waals surface area contributed by atoms with Crippen LogP contribution in [0.25, 0.3) is 0 Å². The van der Waals surface area contributed by atoms with Gasteiger partial charge in [-0.3, -0.25) is 19.8 Å². The summed E-state index contributed by atoms with van der Waals surface area (Å²) in [6.45, 7) is 4.51. The van der Waals surface area contributed by atoms with Crippen LogP contribution in [0.5, 0.6) is 0 Å². The molecule has 2 atom stereocenters. The number of nitrogens with zero attached hydrogens (tertiary/aromatic N) is 4. The highest BCUT2D eigenvalue weighted by Gasteiger charge is 2.43. The fourth-order valence-electron chi connectivity index (χ4n) is 5.28. The van der Waals surface area contributed by atoms with Crippen molar-refractivity contribution in [2.75, 3.05) is 49.1 Å². The molecule has 0 spiro atoms. The largest absolute Gasteiger partial charge is 0.365 e. The van der Waals surface area contributed by atoms with Gasteiger partial charge in [0.15, 0.2) is 0 Å². The molecule has 0 aliphatic carbocycles. The molecule has 33 heavy (non-hydrogen) atoms. The Labute approximate surface area is 196 Å². The highest BCUT2D eigenvalue weighted by Crippen LogP contribution is 2.39. The molecule has 174 valence electrons. The first-order valence-corrected chi connectivity index (χ1v) is 12.5. The van der Waals surface area contributed by atoms with Crippen molar-refractivity contribution in [3.8, 4) is 0 Å². The van der Waals surface area contributed by atoms with Crippen LogP contribution in [0, 0.1) is 21.8 Å². The molecule has 0 aromatic heterocycles. The molecule has 2 saturated heterocycles. The molecule has 2 aromatic rings. The highest BCUT2D eigenvalue weighted by atomic mass is 32.2. The van der Waals surface area contributed by atoms with Crippen molar-refractivity contribution in [3.05, 3.63) is 69.5 Å². The van der Waals surface area contributed by atoms with E-state index in [2.05, 4.69) is 9.80 Å². The molecule has 1 amide bonds. The molecule has 2 unspecified atom stereocenters. The summed E-state index contributed by atoms with van der Waals surface area (Å²) in [6.07, 6.45) is 0.519. The third kappa shape index (κ3) is 4.56. The van der Waals surface area contributed by atoms with Crippen LogP contribution >= 0.6 is 11.8 Å². The molecule has 3 aliphatic rings. The minimum absolute atomic E-state index is 0.00948. The lowest BCUT2D eigenvalue weighted by molar-refractivity contribution is -0.384. The predicted molar refractivity (Wildman–Crippen MR) is 127 cm³/mol. The molecule has 3 aliphatic heterocycles. The van der Waals surface area contributed by atoms with Crippen molar-refractivity contribution < 1.29 is 14.1 Å². The number of rotatable bonds is 4. The van der Waals surface area contributed by atoms with Crippen molar-refractivity contribution >= 4 is 29.0 Å². The van der Waals surface area contributed by atoms with Gasteiger partial charge in [0.05, 0.1) is 16.9 Å². The van der Waals surface area contributed by atoms with Gasteiger partial charge < -0.3 is 9.80 Å². The van der Waals surface area contributed by atoms with E-state index in [9.17, 15) is 19.3 Å². The van der Waals surface area contributed by atoms with Crippen molar-refractivity contribution in [3.63, 3.8) is 0 Å². The summed E-state index contributed by atoms with van der Waals surface area (Å²) >= 11 is 1.87. The molecular weight excluding hydrogens is 443 g/mol. The number of hydrogen-bond acceptors (Lipinski definition) is 6. The van der Waals surface area contributed by atoms with Crippen LogP contribution in [0.4, 0.5) is 15.8 Å². The van der Waals surface area contributed by atoms with Crippen LogP contribution in [0.1, 0.15) is 11.1 Å². The molecule has 0 N–H and O–H groups in total. The Morgan fingerprint density at radius 3 is 2.58 bits per heavy atom. The smallest absolute Gasteiger partial charge is 0.269 e. The quantitative estimate of drug-likeness (QED) is 0.505. The summed E-state index contributed by atoms with van der Waals surface area (Å²) in [6, 6.07) is 11.6. The zero-order chi connectivity index (χ0) is 22.9. The number of fused-ring (bicyclic) bond motifs is 3. The third-order valence-electron chi connectivity index (χ3n) is 6.95. The van der Waals surface area contributed by atoms with E-state index in [4.69, 9.17) is 0 Å². The number of thioether (sulfide) groups is 1. The highest BCUT2D eigenvalue weighted by molar-refractivity contribution is 7.99. The molecular formula is C24H27FN4O3S. The van der Waals surface area contributed by atoms with Gasteiger partial charge in [-0.1, -0.05) is 12.1 Å². The molecule has 3 heterocycles. The Morgan fingerprint density at radius 2 is 1.85 bits per heavy atom. The first kappa shape index (κ1) is 22.2. The number of amides is 1. The standard InChI is InChI=1S/C24H27FN4O3S/c25-19-3-1-17(2-4-19)15-26-7-8-28-22-6-5-20(29(31)32)13-18(22)14-21(23(28)16-26)24(30)27-9-11-33-12-10-27/h1-6,13,21,23H,7-12,14-16H2. The summed E-state index contributed by atoms with van der Waals surface area (Å²) in [5.74, 6) is 1.58. The summed E-state index contributed by atoms with van der Waals surface area (Å²) in [4.78, 5) is 31.2. The van der Waals surface area contributed by atoms with E-state index >= 15 is 0 Å². The molecule has 0 bridgehead atoms. The Hall–Kier alpha value is -2.65. The van der Waals surface area contributed by atoms with Crippen molar-refractivity contribution in [2.45, 2.75) is 19.0 Å². The number of piperazine rings is 1. The zero-order valence-corrected chi connectivity index (χ0v) is 19.2. The Morgan fingerprint density at radius 1 is 1.09 bits per heavy atom. The molecule has 5 rings (SSSR count). The lowest BCUT2D eigenvalue weighted by Crippen LogP contribution is -2.61. The van der Waals surface area contributed by atoms with Gasteiger partial charge in [-0.15, -0.1) is 0 Å². The second kappa shape index (κ2) is 9.30. The number of nitro benzene ring substituents is 1. The lowest BCUT2D eigenvalue weighted by Gasteiger charge is -2.50. The van der Waals surface area contributed by atoms with E-state index in [0.29, 0.717) is 13.0 Å². The number of halogens is 1. The van der Waals surface area contributed by atoms with Crippen LogP contribution in [-0.2, 0) is 17.8 Å². The minimum atomic E-state index is -0.369. The number of carbonyl (C=O) groups is 1.